The number of amides is 1. The van der Waals surface area contributed by atoms with E-state index in [9.17, 15) is 14.9 Å². The van der Waals surface area contributed by atoms with Crippen LogP contribution in [0, 0.1) is 16.0 Å². The van der Waals surface area contributed by atoms with Gasteiger partial charge in [0.1, 0.15) is 0 Å². The number of carbonyl (C=O) groups is 1. The fourth-order valence-corrected chi connectivity index (χ4v) is 4.29. The molecule has 0 radical (unpaired) electrons. The molecule has 0 bridgehead atoms. The van der Waals surface area contributed by atoms with E-state index >= 15 is 0 Å². The van der Waals surface area contributed by atoms with Crippen molar-refractivity contribution >= 4 is 22.9 Å². The number of carbonyl (C=O) groups excluding carboxylic acids is 1. The number of aromatic nitrogens is 2. The Morgan fingerprint density at radius 1 is 1.27 bits per heavy atom. The number of thiophene rings is 1. The molecule has 0 aliphatic rings. The van der Waals surface area contributed by atoms with Gasteiger partial charge in [0.25, 0.3) is 5.69 Å². The maximum Gasteiger partial charge on any atom is 0.269 e. The summed E-state index contributed by atoms with van der Waals surface area (Å²) >= 11 is 1.76. The van der Waals surface area contributed by atoms with Crippen molar-refractivity contribution < 1.29 is 9.72 Å². The van der Waals surface area contributed by atoms with E-state index in [0.717, 1.165) is 37.2 Å². The lowest BCUT2D eigenvalue weighted by Crippen LogP contribution is -2.46. The monoisotopic (exact) mass is 469 g/mol. The van der Waals surface area contributed by atoms with Gasteiger partial charge in [-0.15, -0.1) is 11.3 Å². The Bertz CT molecular complexity index is 1020. The number of imidazole rings is 1. The van der Waals surface area contributed by atoms with Gasteiger partial charge >= 0.3 is 0 Å². The van der Waals surface area contributed by atoms with Crippen LogP contribution < -0.4 is 10.6 Å². The topological polar surface area (TPSA) is 102 Å². The molecule has 3 rings (SSSR count). The van der Waals surface area contributed by atoms with Crippen molar-refractivity contribution in [3.05, 3.63) is 80.6 Å². The number of nitrogens with zero attached hydrogens (tertiary/aromatic N) is 3. The Hall–Kier alpha value is -3.04. The first-order chi connectivity index (χ1) is 16.0. The molecule has 2 atom stereocenters. The molecule has 2 N–H and O–H groups in total. The molecule has 0 spiro atoms. The molecule has 0 unspecified atom stereocenters. The second-order valence-corrected chi connectivity index (χ2v) is 9.24. The summed E-state index contributed by atoms with van der Waals surface area (Å²) in [5.74, 6) is 0.319. The molecule has 9 heteroatoms. The Balaban J connectivity index is 1.53. The first kappa shape index (κ1) is 24.6. The third-order valence-corrected chi connectivity index (χ3v) is 6.75. The summed E-state index contributed by atoms with van der Waals surface area (Å²) in [7, 11) is 0. The van der Waals surface area contributed by atoms with Crippen molar-refractivity contribution in [2.75, 3.05) is 13.1 Å². The van der Waals surface area contributed by atoms with Crippen molar-refractivity contribution in [3.8, 4) is 0 Å². The molecule has 3 aromatic rings. The fraction of sp³-hybridized carbons (Fsp3) is 0.417. The van der Waals surface area contributed by atoms with Crippen LogP contribution in [-0.2, 0) is 24.2 Å². The number of rotatable bonds is 13. The van der Waals surface area contributed by atoms with Crippen LogP contribution in [0.3, 0.4) is 0 Å². The van der Waals surface area contributed by atoms with E-state index in [1.807, 2.05) is 4.57 Å². The van der Waals surface area contributed by atoms with Gasteiger partial charge in [-0.25, -0.2) is 4.98 Å². The van der Waals surface area contributed by atoms with Crippen LogP contribution in [0.1, 0.15) is 36.4 Å². The van der Waals surface area contributed by atoms with Crippen LogP contribution in [0.5, 0.6) is 0 Å². The molecule has 0 saturated carbocycles. The molecule has 8 nitrogen and oxygen atoms in total. The van der Waals surface area contributed by atoms with Crippen LogP contribution in [0.15, 0.2) is 54.3 Å². The standard InChI is InChI=1S/C24H31N5O3S/c1-3-18(2)23(15-25-11-10-22-5-4-12-33-22)27-24(30)13-21-14-26-17-28(21)16-19-6-8-20(9-7-19)29(31)32/h4-9,12,14,17-18,23,25H,3,10-11,13,15-16H2,1-2H3,(H,27,30)/t18-,23+/m0/s1. The Labute approximate surface area is 198 Å². The molecule has 176 valence electrons. The number of non-ortho nitro benzene ring substituents is 1. The van der Waals surface area contributed by atoms with Gasteiger partial charge in [-0.1, -0.05) is 38.5 Å². The predicted molar refractivity (Wildman–Crippen MR) is 130 cm³/mol. The van der Waals surface area contributed by atoms with E-state index in [1.54, 1.807) is 36.0 Å². The molecule has 0 saturated heterocycles. The zero-order chi connectivity index (χ0) is 23.6. The van der Waals surface area contributed by atoms with Gasteiger partial charge in [0.15, 0.2) is 0 Å². The molecule has 1 aromatic carbocycles. The largest absolute Gasteiger partial charge is 0.351 e. The lowest BCUT2D eigenvalue weighted by atomic mass is 9.98. The number of hydrogen-bond donors (Lipinski definition) is 2. The van der Waals surface area contributed by atoms with Gasteiger partial charge < -0.3 is 15.2 Å². The zero-order valence-corrected chi connectivity index (χ0v) is 19.9. The fourth-order valence-electron chi connectivity index (χ4n) is 3.58. The highest BCUT2D eigenvalue weighted by Gasteiger charge is 2.19. The minimum atomic E-state index is -0.415. The van der Waals surface area contributed by atoms with E-state index < -0.39 is 4.92 Å². The molecule has 0 fully saturated rings. The lowest BCUT2D eigenvalue weighted by Gasteiger charge is -2.25. The Morgan fingerprint density at radius 3 is 2.73 bits per heavy atom. The average molecular weight is 470 g/mol. The van der Waals surface area contributed by atoms with E-state index in [2.05, 4.69) is 47.0 Å². The summed E-state index contributed by atoms with van der Waals surface area (Å²) in [4.78, 5) is 28.8. The minimum absolute atomic E-state index is 0.0363. The zero-order valence-electron chi connectivity index (χ0n) is 19.1. The lowest BCUT2D eigenvalue weighted by molar-refractivity contribution is -0.384. The quantitative estimate of drug-likeness (QED) is 0.225. The summed E-state index contributed by atoms with van der Waals surface area (Å²) in [5, 5.41) is 19.6. The van der Waals surface area contributed by atoms with Crippen molar-refractivity contribution in [2.45, 2.75) is 45.7 Å². The van der Waals surface area contributed by atoms with Crippen molar-refractivity contribution in [1.29, 1.82) is 0 Å². The average Bonchev–Trinajstić information content (AvgIpc) is 3.48. The maximum atomic E-state index is 12.8. The molecular formula is C24H31N5O3S. The summed E-state index contributed by atoms with van der Waals surface area (Å²) in [5.41, 5.74) is 1.77. The highest BCUT2D eigenvalue weighted by Crippen LogP contribution is 2.14. The number of nitro benzene ring substituents is 1. The van der Waals surface area contributed by atoms with Gasteiger partial charge in [0.2, 0.25) is 5.91 Å². The van der Waals surface area contributed by atoms with Gasteiger partial charge in [-0.05, 0) is 29.3 Å². The van der Waals surface area contributed by atoms with Gasteiger partial charge in [-0.2, -0.15) is 0 Å². The third-order valence-electron chi connectivity index (χ3n) is 5.81. The molecule has 1 amide bonds. The van der Waals surface area contributed by atoms with Gasteiger partial charge in [0, 0.05) is 54.6 Å². The van der Waals surface area contributed by atoms with Crippen LogP contribution in [0.2, 0.25) is 0 Å². The van der Waals surface area contributed by atoms with Crippen molar-refractivity contribution in [3.63, 3.8) is 0 Å². The van der Waals surface area contributed by atoms with Gasteiger partial charge in [0.05, 0.1) is 17.7 Å². The Morgan fingerprint density at radius 2 is 2.06 bits per heavy atom. The molecule has 0 aliphatic heterocycles. The molecule has 2 heterocycles. The molecule has 0 aliphatic carbocycles. The normalized spacial score (nSPS) is 12.9. The number of hydrogen-bond acceptors (Lipinski definition) is 6. The van der Waals surface area contributed by atoms with Crippen LogP contribution in [0.25, 0.3) is 0 Å². The summed E-state index contributed by atoms with van der Waals surface area (Å²) in [6, 6.07) is 10.7. The number of benzene rings is 1. The molecule has 33 heavy (non-hydrogen) atoms. The van der Waals surface area contributed by atoms with Crippen LogP contribution >= 0.6 is 11.3 Å². The maximum absolute atomic E-state index is 12.8. The van der Waals surface area contributed by atoms with Crippen molar-refractivity contribution in [1.82, 2.24) is 20.2 Å². The van der Waals surface area contributed by atoms with Crippen molar-refractivity contribution in [2.24, 2.45) is 5.92 Å². The third kappa shape index (κ3) is 7.50. The van der Waals surface area contributed by atoms with Crippen LogP contribution in [0.4, 0.5) is 5.69 Å². The summed E-state index contributed by atoms with van der Waals surface area (Å²) in [6.07, 6.45) is 5.58. The number of nitrogens with one attached hydrogen (secondary N) is 2. The van der Waals surface area contributed by atoms with Crippen LogP contribution in [-0.4, -0.2) is 39.5 Å². The SMILES string of the molecule is CC[C@H](C)[C@@H](CNCCc1cccs1)NC(=O)Cc1cncn1Cc1ccc([N+](=O)[O-])cc1. The van der Waals surface area contributed by atoms with E-state index in [1.165, 1.54) is 17.0 Å². The second-order valence-electron chi connectivity index (χ2n) is 8.21. The Kier molecular flexibility index (Phi) is 9.14. The van der Waals surface area contributed by atoms with E-state index in [0.29, 0.717) is 12.5 Å². The number of nitro groups is 1. The highest BCUT2D eigenvalue weighted by molar-refractivity contribution is 7.09. The summed E-state index contributed by atoms with van der Waals surface area (Å²) < 4.78 is 1.90. The first-order valence-corrected chi connectivity index (χ1v) is 12.1. The minimum Gasteiger partial charge on any atom is -0.351 e. The smallest absolute Gasteiger partial charge is 0.269 e. The van der Waals surface area contributed by atoms with Gasteiger partial charge in [-0.3, -0.25) is 14.9 Å². The highest BCUT2D eigenvalue weighted by atomic mass is 32.1. The molecule has 2 aromatic heterocycles. The first-order valence-electron chi connectivity index (χ1n) is 11.2. The van der Waals surface area contributed by atoms with E-state index in [-0.39, 0.29) is 24.1 Å². The predicted octanol–water partition coefficient (Wildman–Crippen LogP) is 3.81. The molecular weight excluding hydrogens is 438 g/mol. The summed E-state index contributed by atoms with van der Waals surface area (Å²) in [6.45, 7) is 6.40. The van der Waals surface area contributed by atoms with E-state index in [4.69, 9.17) is 0 Å². The second kappa shape index (κ2) is 12.3.